The number of ether oxygens (including phenoxy) is 2. The van der Waals surface area contributed by atoms with Crippen LogP contribution in [0.15, 0.2) is 35.5 Å². The summed E-state index contributed by atoms with van der Waals surface area (Å²) in [6.07, 6.45) is 3.51. The van der Waals surface area contributed by atoms with Crippen LogP contribution in [0.5, 0.6) is 5.75 Å². The van der Waals surface area contributed by atoms with Crippen LogP contribution < -0.4 is 10.1 Å². The van der Waals surface area contributed by atoms with Crippen molar-refractivity contribution < 1.29 is 19.1 Å². The first-order chi connectivity index (χ1) is 14.1. The van der Waals surface area contributed by atoms with E-state index in [1.807, 2.05) is 31.2 Å². The van der Waals surface area contributed by atoms with Gasteiger partial charge in [0, 0.05) is 18.8 Å². The van der Waals surface area contributed by atoms with Gasteiger partial charge in [-0.05, 0) is 57.5 Å². The van der Waals surface area contributed by atoms with Gasteiger partial charge in [0.25, 0.3) is 0 Å². The zero-order valence-electron chi connectivity index (χ0n) is 17.6. The molecule has 1 aromatic carbocycles. The number of hydrogen-bond donors (Lipinski definition) is 1. The van der Waals surface area contributed by atoms with Crippen LogP contribution in [0.4, 0.5) is 4.79 Å². The molecule has 2 aliphatic rings. The average molecular weight is 402 g/mol. The van der Waals surface area contributed by atoms with E-state index < -0.39 is 6.04 Å². The second-order valence-corrected chi connectivity index (χ2v) is 7.32. The minimum Gasteiger partial charge on any atom is -0.497 e. The minimum absolute atomic E-state index is 0.187. The number of rotatable bonds is 7. The fraction of sp³-hybridized carbons (Fsp3) is 0.545. The van der Waals surface area contributed by atoms with Crippen LogP contribution in [0.2, 0.25) is 0 Å². The molecule has 0 unspecified atom stereocenters. The van der Waals surface area contributed by atoms with E-state index in [-0.39, 0.29) is 18.6 Å². The standard InChI is InChI=1S/C22H31N3O4/c1-4-25-18(15-24-13-7-6-8-14-24)19(21(26)29-5-2)20(23-22(25)27)16-9-11-17(28-3)12-10-16/h9-12,20H,4-8,13-15H2,1-3H3,(H,23,27)/t20-/m1/s1. The number of hydrogen-bond acceptors (Lipinski definition) is 5. The topological polar surface area (TPSA) is 71.1 Å². The molecule has 1 N–H and O–H groups in total. The van der Waals surface area contributed by atoms with E-state index in [1.165, 1.54) is 6.42 Å². The molecule has 1 saturated heterocycles. The lowest BCUT2D eigenvalue weighted by Gasteiger charge is -2.39. The van der Waals surface area contributed by atoms with E-state index >= 15 is 0 Å². The van der Waals surface area contributed by atoms with Crippen molar-refractivity contribution in [2.24, 2.45) is 0 Å². The van der Waals surface area contributed by atoms with Gasteiger partial charge < -0.3 is 14.8 Å². The molecule has 1 fully saturated rings. The Morgan fingerprint density at radius 1 is 1.14 bits per heavy atom. The van der Waals surface area contributed by atoms with Crippen molar-refractivity contribution in [3.8, 4) is 5.75 Å². The molecule has 1 atom stereocenters. The van der Waals surface area contributed by atoms with E-state index in [0.717, 1.165) is 42.9 Å². The minimum atomic E-state index is -0.546. The summed E-state index contributed by atoms with van der Waals surface area (Å²) < 4.78 is 10.6. The average Bonchev–Trinajstić information content (AvgIpc) is 2.74. The van der Waals surface area contributed by atoms with Gasteiger partial charge in [0.2, 0.25) is 0 Å². The zero-order valence-corrected chi connectivity index (χ0v) is 17.6. The third-order valence-electron chi connectivity index (χ3n) is 5.52. The van der Waals surface area contributed by atoms with Crippen molar-refractivity contribution in [3.05, 3.63) is 41.1 Å². The smallest absolute Gasteiger partial charge is 0.338 e. The summed E-state index contributed by atoms with van der Waals surface area (Å²) in [4.78, 5) is 29.9. The van der Waals surface area contributed by atoms with E-state index in [0.29, 0.717) is 18.7 Å². The predicted molar refractivity (Wildman–Crippen MR) is 111 cm³/mol. The molecule has 0 aliphatic carbocycles. The Morgan fingerprint density at radius 3 is 2.41 bits per heavy atom. The van der Waals surface area contributed by atoms with Crippen LogP contribution >= 0.6 is 0 Å². The van der Waals surface area contributed by atoms with Gasteiger partial charge in [-0.25, -0.2) is 9.59 Å². The Hall–Kier alpha value is -2.54. The number of methoxy groups -OCH3 is 1. The van der Waals surface area contributed by atoms with Crippen molar-refractivity contribution in [1.29, 1.82) is 0 Å². The third-order valence-corrected chi connectivity index (χ3v) is 5.52. The van der Waals surface area contributed by atoms with Gasteiger partial charge in [0.1, 0.15) is 5.75 Å². The molecule has 158 valence electrons. The molecule has 0 saturated carbocycles. The van der Waals surface area contributed by atoms with Crippen molar-refractivity contribution in [1.82, 2.24) is 15.1 Å². The highest BCUT2D eigenvalue weighted by atomic mass is 16.5. The Morgan fingerprint density at radius 2 is 1.83 bits per heavy atom. The first kappa shape index (κ1) is 21.2. The summed E-state index contributed by atoms with van der Waals surface area (Å²) in [5, 5.41) is 3.00. The third kappa shape index (κ3) is 4.72. The Bertz CT molecular complexity index is 754. The molecule has 0 radical (unpaired) electrons. The largest absolute Gasteiger partial charge is 0.497 e. The van der Waals surface area contributed by atoms with Crippen LogP contribution in [0, 0.1) is 0 Å². The van der Waals surface area contributed by atoms with Gasteiger partial charge in [-0.2, -0.15) is 0 Å². The number of nitrogens with one attached hydrogen (secondary N) is 1. The predicted octanol–water partition coefficient (Wildman–Crippen LogP) is 3.08. The van der Waals surface area contributed by atoms with Crippen molar-refractivity contribution in [3.63, 3.8) is 0 Å². The molecule has 29 heavy (non-hydrogen) atoms. The van der Waals surface area contributed by atoms with Crippen molar-refractivity contribution in [2.75, 3.05) is 39.9 Å². The van der Waals surface area contributed by atoms with Crippen LogP contribution in [0.25, 0.3) is 0 Å². The summed E-state index contributed by atoms with van der Waals surface area (Å²) in [5.74, 6) is 0.347. The van der Waals surface area contributed by atoms with Crippen molar-refractivity contribution >= 4 is 12.0 Å². The van der Waals surface area contributed by atoms with E-state index in [1.54, 1.807) is 18.9 Å². The lowest BCUT2D eigenvalue weighted by molar-refractivity contribution is -0.139. The van der Waals surface area contributed by atoms with Gasteiger partial charge in [-0.15, -0.1) is 0 Å². The van der Waals surface area contributed by atoms with Crippen molar-refractivity contribution in [2.45, 2.75) is 39.2 Å². The molecule has 3 rings (SSSR count). The van der Waals surface area contributed by atoms with Gasteiger partial charge in [0.15, 0.2) is 0 Å². The Balaban J connectivity index is 2.05. The molecule has 1 aromatic rings. The summed E-state index contributed by atoms with van der Waals surface area (Å²) in [6, 6.07) is 6.69. The maximum Gasteiger partial charge on any atom is 0.338 e. The molecular formula is C22H31N3O4. The summed E-state index contributed by atoms with van der Waals surface area (Å²) in [6.45, 7) is 7.03. The maximum atomic E-state index is 13.0. The monoisotopic (exact) mass is 401 g/mol. The number of carbonyl (C=O) groups is 2. The number of piperidine rings is 1. The van der Waals surface area contributed by atoms with E-state index in [2.05, 4.69) is 10.2 Å². The number of amides is 2. The highest BCUT2D eigenvalue weighted by Crippen LogP contribution is 2.33. The van der Waals surface area contributed by atoms with Gasteiger partial charge in [0.05, 0.1) is 25.3 Å². The van der Waals surface area contributed by atoms with Crippen LogP contribution in [0.1, 0.15) is 44.7 Å². The number of carbonyl (C=O) groups excluding carboxylic acids is 2. The molecule has 7 heteroatoms. The number of esters is 1. The molecule has 2 amide bonds. The number of urea groups is 1. The quantitative estimate of drug-likeness (QED) is 0.711. The van der Waals surface area contributed by atoms with Gasteiger partial charge in [-0.1, -0.05) is 18.6 Å². The summed E-state index contributed by atoms with van der Waals surface area (Å²) in [7, 11) is 1.61. The molecule has 2 heterocycles. The fourth-order valence-electron chi connectivity index (χ4n) is 4.03. The van der Waals surface area contributed by atoms with E-state index in [4.69, 9.17) is 9.47 Å². The first-order valence-electron chi connectivity index (χ1n) is 10.4. The van der Waals surface area contributed by atoms with E-state index in [9.17, 15) is 9.59 Å². The van der Waals surface area contributed by atoms with Gasteiger partial charge in [-0.3, -0.25) is 9.80 Å². The highest BCUT2D eigenvalue weighted by Gasteiger charge is 2.38. The second-order valence-electron chi connectivity index (χ2n) is 7.32. The van der Waals surface area contributed by atoms with Crippen LogP contribution in [-0.4, -0.2) is 61.7 Å². The lowest BCUT2D eigenvalue weighted by atomic mass is 9.93. The van der Waals surface area contributed by atoms with Crippen LogP contribution in [0.3, 0.4) is 0 Å². The molecule has 2 aliphatic heterocycles. The molecule has 7 nitrogen and oxygen atoms in total. The summed E-state index contributed by atoms with van der Waals surface area (Å²) >= 11 is 0. The Kier molecular flexibility index (Phi) is 7.14. The second kappa shape index (κ2) is 9.78. The Labute approximate surface area is 172 Å². The highest BCUT2D eigenvalue weighted by molar-refractivity contribution is 5.95. The molecule has 0 spiro atoms. The SMILES string of the molecule is CCOC(=O)C1=C(CN2CCCCC2)N(CC)C(=O)N[C@@H]1c1ccc(OC)cc1. The molecule has 0 bridgehead atoms. The molecule has 0 aromatic heterocycles. The number of likely N-dealkylation sites (tertiary alicyclic amines) is 1. The number of benzene rings is 1. The van der Waals surface area contributed by atoms with Gasteiger partial charge >= 0.3 is 12.0 Å². The normalized spacial score (nSPS) is 20.4. The molecular weight excluding hydrogens is 370 g/mol. The lowest BCUT2D eigenvalue weighted by Crippen LogP contribution is -2.51. The number of likely N-dealkylation sites (N-methyl/N-ethyl adjacent to an activating group) is 1. The summed E-state index contributed by atoms with van der Waals surface area (Å²) in [5.41, 5.74) is 2.09. The zero-order chi connectivity index (χ0) is 20.8. The maximum absolute atomic E-state index is 13.0. The number of nitrogens with zero attached hydrogens (tertiary/aromatic N) is 2. The first-order valence-corrected chi connectivity index (χ1v) is 10.4. The van der Waals surface area contributed by atoms with Crippen LogP contribution in [-0.2, 0) is 9.53 Å². The fourth-order valence-corrected chi connectivity index (χ4v) is 4.03.